The molecular weight excluding hydrogens is 282 g/mol. The molecule has 1 aromatic rings. The number of rotatable bonds is 8. The van der Waals surface area contributed by atoms with Crippen molar-refractivity contribution in [3.05, 3.63) is 23.8 Å². The van der Waals surface area contributed by atoms with Crippen LogP contribution in [0.25, 0.3) is 0 Å². The molecule has 1 amide bonds. The Hall–Kier alpha value is -1.79. The molecule has 0 spiro atoms. The van der Waals surface area contributed by atoms with Gasteiger partial charge in [-0.1, -0.05) is 6.07 Å². The molecule has 0 saturated carbocycles. The van der Waals surface area contributed by atoms with Gasteiger partial charge in [0.15, 0.2) is 11.5 Å². The van der Waals surface area contributed by atoms with Gasteiger partial charge in [0, 0.05) is 39.3 Å². The van der Waals surface area contributed by atoms with Crippen molar-refractivity contribution in [2.45, 2.75) is 13.0 Å². The Morgan fingerprint density at radius 2 is 2.00 bits per heavy atom. The van der Waals surface area contributed by atoms with Crippen LogP contribution in [0.5, 0.6) is 11.5 Å². The number of piperazine rings is 1. The van der Waals surface area contributed by atoms with Crippen LogP contribution in [0.3, 0.4) is 0 Å². The topological polar surface area (TPSA) is 68.0 Å². The highest BCUT2D eigenvalue weighted by Gasteiger charge is 2.14. The summed E-state index contributed by atoms with van der Waals surface area (Å²) in [6, 6.07) is 5.76. The van der Waals surface area contributed by atoms with Crippen LogP contribution in [-0.2, 0) is 11.3 Å². The van der Waals surface area contributed by atoms with Crippen molar-refractivity contribution in [2.75, 3.05) is 46.4 Å². The predicted molar refractivity (Wildman–Crippen MR) is 85.1 cm³/mol. The third kappa shape index (κ3) is 4.61. The van der Waals surface area contributed by atoms with E-state index in [1.54, 1.807) is 7.11 Å². The number of carbonyl (C=O) groups is 1. The summed E-state index contributed by atoms with van der Waals surface area (Å²) in [5.74, 6) is 1.48. The van der Waals surface area contributed by atoms with E-state index in [1.807, 2.05) is 23.1 Å². The SMILES string of the molecule is COc1ccc(CN)cc1OCCCN1CCN(C=O)CC1. The Balaban J connectivity index is 1.73. The number of benzene rings is 1. The highest BCUT2D eigenvalue weighted by atomic mass is 16.5. The van der Waals surface area contributed by atoms with Crippen LogP contribution >= 0.6 is 0 Å². The molecule has 0 aromatic heterocycles. The summed E-state index contributed by atoms with van der Waals surface area (Å²) in [6.45, 7) is 5.61. The molecule has 6 nitrogen and oxygen atoms in total. The number of methoxy groups -OCH3 is 1. The summed E-state index contributed by atoms with van der Waals surface area (Å²) in [5.41, 5.74) is 6.68. The molecule has 0 radical (unpaired) electrons. The van der Waals surface area contributed by atoms with Crippen LogP contribution in [0.2, 0.25) is 0 Å². The summed E-state index contributed by atoms with van der Waals surface area (Å²) in [5, 5.41) is 0. The first-order valence-electron chi connectivity index (χ1n) is 7.68. The van der Waals surface area contributed by atoms with Gasteiger partial charge in [0.1, 0.15) is 0 Å². The largest absolute Gasteiger partial charge is 0.493 e. The van der Waals surface area contributed by atoms with Crippen molar-refractivity contribution in [3.8, 4) is 11.5 Å². The second-order valence-corrected chi connectivity index (χ2v) is 5.37. The van der Waals surface area contributed by atoms with E-state index in [-0.39, 0.29) is 0 Å². The zero-order valence-corrected chi connectivity index (χ0v) is 13.2. The van der Waals surface area contributed by atoms with E-state index in [0.717, 1.165) is 62.6 Å². The molecule has 1 aliphatic rings. The van der Waals surface area contributed by atoms with E-state index in [9.17, 15) is 4.79 Å². The Labute approximate surface area is 131 Å². The second kappa shape index (κ2) is 8.60. The fourth-order valence-electron chi connectivity index (χ4n) is 2.52. The summed E-state index contributed by atoms with van der Waals surface area (Å²) in [7, 11) is 1.64. The number of carbonyl (C=O) groups excluding carboxylic acids is 1. The summed E-state index contributed by atoms with van der Waals surface area (Å²) in [6.07, 6.45) is 1.87. The van der Waals surface area contributed by atoms with Crippen molar-refractivity contribution in [2.24, 2.45) is 5.73 Å². The predicted octanol–water partition coefficient (Wildman–Crippen LogP) is 0.697. The number of amides is 1. The fourth-order valence-corrected chi connectivity index (χ4v) is 2.52. The summed E-state index contributed by atoms with van der Waals surface area (Å²) in [4.78, 5) is 14.8. The Morgan fingerprint density at radius 3 is 2.64 bits per heavy atom. The molecule has 0 bridgehead atoms. The van der Waals surface area contributed by atoms with Gasteiger partial charge in [-0.05, 0) is 24.1 Å². The molecule has 1 heterocycles. The van der Waals surface area contributed by atoms with Crippen LogP contribution in [0, 0.1) is 0 Å². The first-order valence-corrected chi connectivity index (χ1v) is 7.68. The number of hydrogen-bond acceptors (Lipinski definition) is 5. The lowest BCUT2D eigenvalue weighted by Gasteiger charge is -2.32. The van der Waals surface area contributed by atoms with Gasteiger partial charge in [-0.2, -0.15) is 0 Å². The van der Waals surface area contributed by atoms with Gasteiger partial charge >= 0.3 is 0 Å². The first-order chi connectivity index (χ1) is 10.8. The lowest BCUT2D eigenvalue weighted by atomic mass is 10.2. The van der Waals surface area contributed by atoms with Crippen LogP contribution in [-0.4, -0.2) is 62.7 Å². The highest BCUT2D eigenvalue weighted by molar-refractivity contribution is 5.47. The van der Waals surface area contributed by atoms with E-state index < -0.39 is 0 Å². The molecule has 1 aliphatic heterocycles. The van der Waals surface area contributed by atoms with Crippen LogP contribution in [0.15, 0.2) is 18.2 Å². The van der Waals surface area contributed by atoms with E-state index in [4.69, 9.17) is 15.2 Å². The maximum absolute atomic E-state index is 10.7. The van der Waals surface area contributed by atoms with Crippen LogP contribution in [0.4, 0.5) is 0 Å². The zero-order valence-electron chi connectivity index (χ0n) is 13.2. The molecule has 0 unspecified atom stereocenters. The van der Waals surface area contributed by atoms with Gasteiger partial charge in [0.2, 0.25) is 6.41 Å². The van der Waals surface area contributed by atoms with Gasteiger partial charge < -0.3 is 20.1 Å². The third-order valence-corrected chi connectivity index (χ3v) is 3.90. The van der Waals surface area contributed by atoms with Gasteiger partial charge in [-0.15, -0.1) is 0 Å². The minimum absolute atomic E-state index is 0.487. The third-order valence-electron chi connectivity index (χ3n) is 3.90. The van der Waals surface area contributed by atoms with Gasteiger partial charge in [-0.25, -0.2) is 0 Å². The lowest BCUT2D eigenvalue weighted by molar-refractivity contribution is -0.119. The monoisotopic (exact) mass is 307 g/mol. The minimum Gasteiger partial charge on any atom is -0.493 e. The van der Waals surface area contributed by atoms with Gasteiger partial charge in [0.25, 0.3) is 0 Å². The van der Waals surface area contributed by atoms with Crippen LogP contribution < -0.4 is 15.2 Å². The first kappa shape index (κ1) is 16.6. The summed E-state index contributed by atoms with van der Waals surface area (Å²) < 4.78 is 11.1. The standard InChI is InChI=1S/C16H25N3O3/c1-21-15-4-3-14(12-17)11-16(15)22-10-2-5-18-6-8-19(13-20)9-7-18/h3-4,11,13H,2,5-10,12,17H2,1H3. The van der Waals surface area contributed by atoms with E-state index >= 15 is 0 Å². The average molecular weight is 307 g/mol. The zero-order chi connectivity index (χ0) is 15.8. The molecule has 122 valence electrons. The van der Waals surface area contributed by atoms with Crippen molar-refractivity contribution in [3.63, 3.8) is 0 Å². The Kier molecular flexibility index (Phi) is 6.48. The maximum atomic E-state index is 10.7. The molecule has 1 aromatic carbocycles. The molecular formula is C16H25N3O3. The molecule has 6 heteroatoms. The minimum atomic E-state index is 0.487. The molecule has 2 rings (SSSR count). The van der Waals surface area contributed by atoms with Crippen molar-refractivity contribution in [1.82, 2.24) is 9.80 Å². The smallest absolute Gasteiger partial charge is 0.209 e. The Bertz CT molecular complexity index is 474. The van der Waals surface area contributed by atoms with E-state index in [1.165, 1.54) is 0 Å². The van der Waals surface area contributed by atoms with Crippen molar-refractivity contribution >= 4 is 6.41 Å². The van der Waals surface area contributed by atoms with Gasteiger partial charge in [-0.3, -0.25) is 9.69 Å². The quantitative estimate of drug-likeness (QED) is 0.565. The molecule has 0 aliphatic carbocycles. The normalized spacial score (nSPS) is 15.6. The Morgan fingerprint density at radius 1 is 1.23 bits per heavy atom. The average Bonchev–Trinajstić information content (AvgIpc) is 2.59. The van der Waals surface area contributed by atoms with E-state index in [2.05, 4.69) is 4.90 Å². The molecule has 2 N–H and O–H groups in total. The molecule has 0 atom stereocenters. The number of hydrogen-bond donors (Lipinski definition) is 1. The molecule has 22 heavy (non-hydrogen) atoms. The second-order valence-electron chi connectivity index (χ2n) is 5.37. The van der Waals surface area contributed by atoms with Crippen molar-refractivity contribution in [1.29, 1.82) is 0 Å². The number of nitrogens with two attached hydrogens (primary N) is 1. The number of nitrogens with zero attached hydrogens (tertiary/aromatic N) is 2. The van der Waals surface area contributed by atoms with Crippen molar-refractivity contribution < 1.29 is 14.3 Å². The lowest BCUT2D eigenvalue weighted by Crippen LogP contribution is -2.46. The summed E-state index contributed by atoms with van der Waals surface area (Å²) >= 11 is 0. The highest BCUT2D eigenvalue weighted by Crippen LogP contribution is 2.28. The molecule has 1 saturated heterocycles. The maximum Gasteiger partial charge on any atom is 0.209 e. The van der Waals surface area contributed by atoms with Gasteiger partial charge in [0.05, 0.1) is 13.7 Å². The fraction of sp³-hybridized carbons (Fsp3) is 0.562. The van der Waals surface area contributed by atoms with E-state index in [0.29, 0.717) is 13.2 Å². The van der Waals surface area contributed by atoms with Crippen LogP contribution in [0.1, 0.15) is 12.0 Å². The molecule has 1 fully saturated rings. The number of ether oxygens (including phenoxy) is 2.